The van der Waals surface area contributed by atoms with E-state index in [2.05, 4.69) is 12.2 Å². The fourth-order valence-corrected chi connectivity index (χ4v) is 6.43. The van der Waals surface area contributed by atoms with Crippen LogP contribution in [0.2, 0.25) is 0 Å². The molecule has 3 aliphatic rings. The number of nitrogens with one attached hydrogen (secondary N) is 1. The van der Waals surface area contributed by atoms with Gasteiger partial charge < -0.3 is 10.1 Å². The lowest BCUT2D eigenvalue weighted by Gasteiger charge is -2.28. The van der Waals surface area contributed by atoms with Gasteiger partial charge in [-0.15, -0.1) is 0 Å². The van der Waals surface area contributed by atoms with E-state index < -0.39 is 10.0 Å². The van der Waals surface area contributed by atoms with Gasteiger partial charge in [-0.25, -0.2) is 8.42 Å². The predicted molar refractivity (Wildman–Crippen MR) is 102 cm³/mol. The van der Waals surface area contributed by atoms with Gasteiger partial charge in [0.1, 0.15) is 0 Å². The van der Waals surface area contributed by atoms with Crippen molar-refractivity contribution in [2.24, 2.45) is 17.8 Å². The van der Waals surface area contributed by atoms with Crippen molar-refractivity contribution in [3.63, 3.8) is 0 Å². The Labute approximate surface area is 161 Å². The van der Waals surface area contributed by atoms with Crippen molar-refractivity contribution in [2.75, 3.05) is 26.3 Å². The van der Waals surface area contributed by atoms with E-state index in [1.165, 1.54) is 42.1 Å². The van der Waals surface area contributed by atoms with E-state index in [1.54, 1.807) is 12.1 Å². The molecule has 4 atom stereocenters. The number of fused-ring (bicyclic) bond motifs is 2. The lowest BCUT2D eigenvalue weighted by molar-refractivity contribution is 0.0730. The van der Waals surface area contributed by atoms with E-state index in [-0.39, 0.29) is 16.8 Å². The number of nitrogens with zero attached hydrogens (tertiary/aromatic N) is 1. The molecule has 1 amide bonds. The molecule has 1 saturated heterocycles. The largest absolute Gasteiger partial charge is 0.379 e. The molecule has 2 saturated carbocycles. The summed E-state index contributed by atoms with van der Waals surface area (Å²) in [5.41, 5.74) is 0.505. The summed E-state index contributed by atoms with van der Waals surface area (Å²) in [6, 6.07) is 6.43. The number of sulfonamides is 1. The zero-order chi connectivity index (χ0) is 19.0. The predicted octanol–water partition coefficient (Wildman–Crippen LogP) is 2.26. The summed E-state index contributed by atoms with van der Waals surface area (Å²) >= 11 is 0. The van der Waals surface area contributed by atoms with Crippen LogP contribution < -0.4 is 5.32 Å². The third-order valence-corrected chi connectivity index (χ3v) is 8.43. The third-order valence-electron chi connectivity index (χ3n) is 6.52. The van der Waals surface area contributed by atoms with Crippen LogP contribution in [0.25, 0.3) is 0 Å². The smallest absolute Gasteiger partial charge is 0.251 e. The van der Waals surface area contributed by atoms with E-state index in [0.717, 1.165) is 11.8 Å². The van der Waals surface area contributed by atoms with Crippen molar-refractivity contribution in [3.05, 3.63) is 29.8 Å². The number of morpholine rings is 1. The first-order valence-electron chi connectivity index (χ1n) is 9.94. The second kappa shape index (κ2) is 7.53. The second-order valence-corrected chi connectivity index (χ2v) is 10.1. The number of hydrogen-bond donors (Lipinski definition) is 1. The van der Waals surface area contributed by atoms with Crippen molar-refractivity contribution >= 4 is 15.9 Å². The van der Waals surface area contributed by atoms with E-state index in [9.17, 15) is 13.2 Å². The van der Waals surface area contributed by atoms with Gasteiger partial charge in [0, 0.05) is 24.7 Å². The minimum absolute atomic E-state index is 0.124. The van der Waals surface area contributed by atoms with Crippen molar-refractivity contribution in [1.82, 2.24) is 9.62 Å². The van der Waals surface area contributed by atoms with E-state index in [4.69, 9.17) is 4.74 Å². The maximum absolute atomic E-state index is 12.7. The highest BCUT2D eigenvalue weighted by Gasteiger charge is 2.42. The Hall–Kier alpha value is -1.44. The molecular weight excluding hydrogens is 364 g/mol. The summed E-state index contributed by atoms with van der Waals surface area (Å²) < 4.78 is 32.0. The quantitative estimate of drug-likeness (QED) is 0.834. The summed E-state index contributed by atoms with van der Waals surface area (Å²) in [6.45, 7) is 3.67. The van der Waals surface area contributed by atoms with Gasteiger partial charge in [-0.3, -0.25) is 4.79 Å². The van der Waals surface area contributed by atoms with Gasteiger partial charge in [-0.2, -0.15) is 4.31 Å². The van der Waals surface area contributed by atoms with Crippen LogP contribution in [0, 0.1) is 17.8 Å². The molecule has 1 aliphatic heterocycles. The number of benzene rings is 1. The Morgan fingerprint density at radius 2 is 1.85 bits per heavy atom. The number of carbonyl (C=O) groups excluding carboxylic acids is 1. The maximum Gasteiger partial charge on any atom is 0.251 e. The van der Waals surface area contributed by atoms with Gasteiger partial charge in [-0.05, 0) is 68.2 Å². The molecule has 2 bridgehead atoms. The van der Waals surface area contributed by atoms with E-state index >= 15 is 0 Å². The van der Waals surface area contributed by atoms with Gasteiger partial charge in [0.2, 0.25) is 10.0 Å². The number of carbonyl (C=O) groups is 1. The topological polar surface area (TPSA) is 75.7 Å². The average molecular weight is 393 g/mol. The van der Waals surface area contributed by atoms with Gasteiger partial charge in [-0.1, -0.05) is 6.42 Å². The molecule has 0 radical (unpaired) electrons. The van der Waals surface area contributed by atoms with Crippen LogP contribution in [0.1, 0.15) is 43.0 Å². The highest BCUT2D eigenvalue weighted by molar-refractivity contribution is 7.89. The SMILES string of the molecule is C[C@H](NC(=O)c1ccc(S(=O)(=O)N2CCOCC2)cc1)[C@@H]1C[C@H]2CC[C@H]1C2. The number of ether oxygens (including phenoxy) is 1. The summed E-state index contributed by atoms with van der Waals surface area (Å²) in [6.07, 6.45) is 5.19. The molecule has 0 spiro atoms. The molecule has 0 unspecified atom stereocenters. The summed E-state index contributed by atoms with van der Waals surface area (Å²) in [7, 11) is -3.52. The van der Waals surface area contributed by atoms with E-state index in [0.29, 0.717) is 37.8 Å². The van der Waals surface area contributed by atoms with Crippen LogP contribution in [0.4, 0.5) is 0 Å². The van der Waals surface area contributed by atoms with Gasteiger partial charge in [0.25, 0.3) is 5.91 Å². The third kappa shape index (κ3) is 3.77. The molecule has 3 fully saturated rings. The standard InChI is InChI=1S/C20H28N2O4S/c1-14(19-13-15-2-3-17(19)12-15)21-20(23)16-4-6-18(7-5-16)27(24,25)22-8-10-26-11-9-22/h4-7,14-15,17,19H,2-3,8-13H2,1H3,(H,21,23)/t14-,15-,17-,19-/m0/s1. The number of amides is 1. The highest BCUT2D eigenvalue weighted by Crippen LogP contribution is 2.49. The Morgan fingerprint density at radius 1 is 1.15 bits per heavy atom. The van der Waals surface area contributed by atoms with Crippen molar-refractivity contribution < 1.29 is 17.9 Å². The van der Waals surface area contributed by atoms with Crippen LogP contribution in [0.3, 0.4) is 0 Å². The van der Waals surface area contributed by atoms with Gasteiger partial charge >= 0.3 is 0 Å². The number of hydrogen-bond acceptors (Lipinski definition) is 4. The molecule has 4 rings (SSSR count). The molecule has 1 aromatic rings. The van der Waals surface area contributed by atoms with E-state index in [1.807, 2.05) is 0 Å². The second-order valence-electron chi connectivity index (χ2n) is 8.14. The van der Waals surface area contributed by atoms with Crippen LogP contribution in [0.5, 0.6) is 0 Å². The van der Waals surface area contributed by atoms with Gasteiger partial charge in [0.15, 0.2) is 0 Å². The zero-order valence-corrected chi connectivity index (χ0v) is 16.6. The molecule has 148 valence electrons. The molecule has 1 heterocycles. The van der Waals surface area contributed by atoms with Crippen molar-refractivity contribution in [1.29, 1.82) is 0 Å². The molecule has 1 N–H and O–H groups in total. The number of rotatable bonds is 5. The first-order chi connectivity index (χ1) is 12.9. The lowest BCUT2D eigenvalue weighted by Crippen LogP contribution is -2.41. The maximum atomic E-state index is 12.7. The normalized spacial score (nSPS) is 29.6. The molecule has 2 aliphatic carbocycles. The lowest BCUT2D eigenvalue weighted by atomic mass is 9.84. The molecule has 0 aromatic heterocycles. The molecule has 6 nitrogen and oxygen atoms in total. The van der Waals surface area contributed by atoms with Crippen molar-refractivity contribution in [2.45, 2.75) is 43.5 Å². The first-order valence-corrected chi connectivity index (χ1v) is 11.4. The summed E-state index contributed by atoms with van der Waals surface area (Å²) in [5.74, 6) is 2.06. The average Bonchev–Trinajstić information content (AvgIpc) is 3.32. The Kier molecular flexibility index (Phi) is 5.27. The summed E-state index contributed by atoms with van der Waals surface area (Å²) in [4.78, 5) is 12.8. The van der Waals surface area contributed by atoms with Gasteiger partial charge in [0.05, 0.1) is 18.1 Å². The molecule has 7 heteroatoms. The Bertz CT molecular complexity index is 787. The molecular formula is C20H28N2O4S. The zero-order valence-electron chi connectivity index (χ0n) is 15.8. The van der Waals surface area contributed by atoms with Crippen LogP contribution in [-0.2, 0) is 14.8 Å². The fraction of sp³-hybridized carbons (Fsp3) is 0.650. The van der Waals surface area contributed by atoms with Crippen LogP contribution >= 0.6 is 0 Å². The minimum Gasteiger partial charge on any atom is -0.379 e. The fourth-order valence-electron chi connectivity index (χ4n) is 5.02. The highest BCUT2D eigenvalue weighted by atomic mass is 32.2. The van der Waals surface area contributed by atoms with Crippen LogP contribution in [-0.4, -0.2) is 51.0 Å². The summed E-state index contributed by atoms with van der Waals surface area (Å²) in [5, 5.41) is 3.13. The monoisotopic (exact) mass is 392 g/mol. The Morgan fingerprint density at radius 3 is 2.44 bits per heavy atom. The van der Waals surface area contributed by atoms with Crippen LogP contribution in [0.15, 0.2) is 29.2 Å². The van der Waals surface area contributed by atoms with Crippen molar-refractivity contribution in [3.8, 4) is 0 Å². The Balaban J connectivity index is 1.40. The first kappa shape index (κ1) is 18.9. The minimum atomic E-state index is -3.52. The molecule has 1 aromatic carbocycles. The molecule has 27 heavy (non-hydrogen) atoms.